The number of aryl methyl sites for hydroxylation is 1. The first-order valence-electron chi connectivity index (χ1n) is 11.6. The van der Waals surface area contributed by atoms with Crippen molar-refractivity contribution in [1.82, 2.24) is 14.8 Å². The minimum absolute atomic E-state index is 0.0415. The first-order valence-corrected chi connectivity index (χ1v) is 11.6. The Kier molecular flexibility index (Phi) is 6.71. The van der Waals surface area contributed by atoms with Crippen LogP contribution in [0.4, 0.5) is 0 Å². The number of carbonyl (C=O) groups is 2. The molecule has 2 aliphatic heterocycles. The Bertz CT molecular complexity index is 773. The number of aromatic nitrogens is 1. The van der Waals surface area contributed by atoms with E-state index in [1.807, 2.05) is 24.0 Å². The monoisotopic (exact) mass is 413 g/mol. The van der Waals surface area contributed by atoms with Crippen molar-refractivity contribution in [2.45, 2.75) is 57.8 Å². The molecule has 0 bridgehead atoms. The van der Waals surface area contributed by atoms with Crippen LogP contribution in [0, 0.1) is 18.8 Å². The molecular weight excluding hydrogens is 378 g/mol. The smallest absolute Gasteiger partial charge is 0.255 e. The van der Waals surface area contributed by atoms with Crippen LogP contribution >= 0.6 is 0 Å². The Morgan fingerprint density at radius 2 is 1.70 bits per heavy atom. The van der Waals surface area contributed by atoms with E-state index in [0.717, 1.165) is 55.2 Å². The fraction of sp³-hybridized carbons (Fsp3) is 0.708. The zero-order chi connectivity index (χ0) is 21.1. The normalized spacial score (nSPS) is 25.1. The number of nitrogens with zero attached hydrogens (tertiary/aromatic N) is 3. The minimum Gasteiger partial charge on any atom is -0.375 e. The summed E-state index contributed by atoms with van der Waals surface area (Å²) in [6, 6.07) is 3.94. The van der Waals surface area contributed by atoms with E-state index in [0.29, 0.717) is 19.0 Å². The maximum atomic E-state index is 13.5. The molecule has 2 unspecified atom stereocenters. The van der Waals surface area contributed by atoms with E-state index >= 15 is 0 Å². The summed E-state index contributed by atoms with van der Waals surface area (Å²) in [5, 5.41) is 0. The lowest BCUT2D eigenvalue weighted by atomic mass is 9.75. The summed E-state index contributed by atoms with van der Waals surface area (Å²) in [4.78, 5) is 34.4. The maximum Gasteiger partial charge on any atom is 0.255 e. The Balaban J connectivity index is 1.47. The largest absolute Gasteiger partial charge is 0.375 e. The summed E-state index contributed by atoms with van der Waals surface area (Å²) in [7, 11) is 1.55. The summed E-state index contributed by atoms with van der Waals surface area (Å²) < 4.78 is 4.99. The van der Waals surface area contributed by atoms with Gasteiger partial charge in [-0.1, -0.05) is 19.3 Å². The van der Waals surface area contributed by atoms with Gasteiger partial charge in [-0.15, -0.1) is 0 Å². The lowest BCUT2D eigenvalue weighted by molar-refractivity contribution is -0.136. The molecule has 2 amide bonds. The van der Waals surface area contributed by atoms with Crippen LogP contribution in [-0.4, -0.2) is 66.5 Å². The lowest BCUT2D eigenvalue weighted by Crippen LogP contribution is -2.45. The second-order valence-electron chi connectivity index (χ2n) is 9.32. The molecular formula is C24H35N3O3. The van der Waals surface area contributed by atoms with Crippen molar-refractivity contribution in [1.29, 1.82) is 0 Å². The molecule has 30 heavy (non-hydrogen) atoms. The molecule has 1 aromatic rings. The molecule has 6 heteroatoms. The van der Waals surface area contributed by atoms with E-state index in [1.54, 1.807) is 7.11 Å². The molecule has 4 rings (SSSR count). The van der Waals surface area contributed by atoms with Gasteiger partial charge in [0.05, 0.1) is 11.3 Å². The maximum absolute atomic E-state index is 13.5. The van der Waals surface area contributed by atoms with E-state index < -0.39 is 0 Å². The van der Waals surface area contributed by atoms with Crippen molar-refractivity contribution in [2.24, 2.45) is 11.8 Å². The van der Waals surface area contributed by atoms with Gasteiger partial charge >= 0.3 is 0 Å². The first kappa shape index (κ1) is 21.3. The highest BCUT2D eigenvalue weighted by atomic mass is 16.5. The SMILES string of the molecule is COCC(=O)N1CCC(c2nc(C)ccc2C(=O)N2CCC3CCCCC3C2)CC1. The van der Waals surface area contributed by atoms with Gasteiger partial charge in [0.25, 0.3) is 5.91 Å². The molecule has 2 atom stereocenters. The van der Waals surface area contributed by atoms with Crippen LogP contribution in [0.2, 0.25) is 0 Å². The lowest BCUT2D eigenvalue weighted by Gasteiger charge is -2.41. The number of rotatable bonds is 4. The number of ether oxygens (including phenoxy) is 1. The van der Waals surface area contributed by atoms with Crippen molar-refractivity contribution in [3.8, 4) is 0 Å². The van der Waals surface area contributed by atoms with Gasteiger partial charge in [0, 0.05) is 44.9 Å². The van der Waals surface area contributed by atoms with Crippen molar-refractivity contribution < 1.29 is 14.3 Å². The quantitative estimate of drug-likeness (QED) is 0.759. The molecule has 1 saturated carbocycles. The van der Waals surface area contributed by atoms with Gasteiger partial charge in [-0.3, -0.25) is 14.6 Å². The second kappa shape index (κ2) is 9.46. The third kappa shape index (κ3) is 4.53. The number of piperidine rings is 2. The van der Waals surface area contributed by atoms with Gasteiger partial charge in [0.1, 0.15) is 6.61 Å². The molecule has 3 heterocycles. The molecule has 3 fully saturated rings. The number of carbonyl (C=O) groups excluding carboxylic acids is 2. The minimum atomic E-state index is 0.0415. The summed E-state index contributed by atoms with van der Waals surface area (Å²) >= 11 is 0. The number of amides is 2. The highest BCUT2D eigenvalue weighted by Crippen LogP contribution is 2.37. The number of fused-ring (bicyclic) bond motifs is 1. The van der Waals surface area contributed by atoms with Gasteiger partial charge < -0.3 is 14.5 Å². The predicted molar refractivity (Wildman–Crippen MR) is 115 cm³/mol. The van der Waals surface area contributed by atoms with Crippen molar-refractivity contribution >= 4 is 11.8 Å². The molecule has 0 aromatic carbocycles. The molecule has 0 N–H and O–H groups in total. The third-order valence-corrected chi connectivity index (χ3v) is 7.37. The summed E-state index contributed by atoms with van der Waals surface area (Å²) in [6.07, 6.45) is 8.10. The molecule has 2 saturated heterocycles. The Labute approximate surface area is 180 Å². The average molecular weight is 414 g/mol. The van der Waals surface area contributed by atoms with Crippen LogP contribution in [-0.2, 0) is 9.53 Å². The molecule has 3 aliphatic rings. The van der Waals surface area contributed by atoms with Crippen LogP contribution in [0.1, 0.15) is 72.6 Å². The van der Waals surface area contributed by atoms with Crippen LogP contribution in [0.3, 0.4) is 0 Å². The number of methoxy groups -OCH3 is 1. The second-order valence-corrected chi connectivity index (χ2v) is 9.32. The molecule has 1 aromatic heterocycles. The van der Waals surface area contributed by atoms with E-state index in [4.69, 9.17) is 9.72 Å². The summed E-state index contributed by atoms with van der Waals surface area (Å²) in [6.45, 7) is 5.29. The van der Waals surface area contributed by atoms with Crippen LogP contribution in [0.15, 0.2) is 12.1 Å². The Morgan fingerprint density at radius 1 is 1.00 bits per heavy atom. The van der Waals surface area contributed by atoms with Crippen molar-refractivity contribution in [2.75, 3.05) is 39.9 Å². The fourth-order valence-electron chi connectivity index (χ4n) is 5.64. The zero-order valence-corrected chi connectivity index (χ0v) is 18.4. The summed E-state index contributed by atoms with van der Waals surface area (Å²) in [5.41, 5.74) is 2.66. The first-order chi connectivity index (χ1) is 14.6. The van der Waals surface area contributed by atoms with E-state index in [-0.39, 0.29) is 24.3 Å². The number of likely N-dealkylation sites (tertiary alicyclic amines) is 2. The molecule has 164 valence electrons. The highest BCUT2D eigenvalue weighted by molar-refractivity contribution is 5.95. The molecule has 0 radical (unpaired) electrons. The Hall–Kier alpha value is -1.95. The number of pyridine rings is 1. The number of hydrogen-bond acceptors (Lipinski definition) is 4. The van der Waals surface area contributed by atoms with E-state index in [2.05, 4.69) is 4.90 Å². The zero-order valence-electron chi connectivity index (χ0n) is 18.4. The van der Waals surface area contributed by atoms with E-state index in [1.165, 1.54) is 25.7 Å². The molecule has 1 aliphatic carbocycles. The number of hydrogen-bond donors (Lipinski definition) is 0. The topological polar surface area (TPSA) is 62.7 Å². The van der Waals surface area contributed by atoms with Gasteiger partial charge in [0.15, 0.2) is 0 Å². The average Bonchev–Trinajstić information content (AvgIpc) is 2.78. The fourth-order valence-corrected chi connectivity index (χ4v) is 5.64. The van der Waals surface area contributed by atoms with Crippen LogP contribution < -0.4 is 0 Å². The summed E-state index contributed by atoms with van der Waals surface area (Å²) in [5.74, 6) is 1.91. The van der Waals surface area contributed by atoms with Crippen molar-refractivity contribution in [3.63, 3.8) is 0 Å². The molecule has 0 spiro atoms. The van der Waals surface area contributed by atoms with Crippen LogP contribution in [0.25, 0.3) is 0 Å². The van der Waals surface area contributed by atoms with Gasteiger partial charge in [-0.05, 0) is 56.6 Å². The van der Waals surface area contributed by atoms with Crippen molar-refractivity contribution in [3.05, 3.63) is 29.1 Å². The molecule has 6 nitrogen and oxygen atoms in total. The Morgan fingerprint density at radius 3 is 2.43 bits per heavy atom. The standard InChI is InChI=1S/C24H35N3O3/c1-17-7-8-21(24(29)27-14-9-18-5-3-4-6-20(18)15-27)23(25-17)19-10-12-26(13-11-19)22(28)16-30-2/h7-8,18-20H,3-6,9-16H2,1-2H3. The van der Waals surface area contributed by atoms with Gasteiger partial charge in [0.2, 0.25) is 5.91 Å². The predicted octanol–water partition coefficient (Wildman–Crippen LogP) is 3.39. The van der Waals surface area contributed by atoms with Gasteiger partial charge in [-0.2, -0.15) is 0 Å². The van der Waals surface area contributed by atoms with Gasteiger partial charge in [-0.25, -0.2) is 0 Å². The van der Waals surface area contributed by atoms with Crippen LogP contribution in [0.5, 0.6) is 0 Å². The van der Waals surface area contributed by atoms with E-state index in [9.17, 15) is 9.59 Å². The third-order valence-electron chi connectivity index (χ3n) is 7.37. The highest BCUT2D eigenvalue weighted by Gasteiger charge is 2.35.